The van der Waals surface area contributed by atoms with Crippen LogP contribution in [0.1, 0.15) is 21.7 Å². The molecule has 3 rings (SSSR count). The Balaban J connectivity index is 2.20. The Labute approximate surface area is 125 Å². The van der Waals surface area contributed by atoms with Crippen molar-refractivity contribution in [2.24, 2.45) is 5.73 Å². The van der Waals surface area contributed by atoms with Crippen LogP contribution in [0.15, 0.2) is 18.2 Å². The summed E-state index contributed by atoms with van der Waals surface area (Å²) in [4.78, 5) is 11.5. The van der Waals surface area contributed by atoms with Crippen molar-refractivity contribution in [2.45, 2.75) is 13.0 Å². The van der Waals surface area contributed by atoms with Crippen LogP contribution in [0.4, 0.5) is 0 Å². The van der Waals surface area contributed by atoms with Crippen LogP contribution in [0.2, 0.25) is 10.0 Å². The zero-order valence-corrected chi connectivity index (χ0v) is 12.0. The SMILES string of the molecule is NC(=O)c1nn(-c2cc(Cl)cc(Cl)c2)c2c1CNCC2. The lowest BCUT2D eigenvalue weighted by molar-refractivity contribution is 0.0994. The number of aromatic nitrogens is 2. The first kappa shape index (κ1) is 13.4. The van der Waals surface area contributed by atoms with Gasteiger partial charge in [0.05, 0.1) is 11.4 Å². The normalized spacial score (nSPS) is 14.1. The van der Waals surface area contributed by atoms with Crippen LogP contribution >= 0.6 is 23.2 Å². The summed E-state index contributed by atoms with van der Waals surface area (Å²) in [5, 5.41) is 8.58. The molecule has 1 aromatic heterocycles. The van der Waals surface area contributed by atoms with Crippen molar-refractivity contribution in [3.8, 4) is 5.69 Å². The van der Waals surface area contributed by atoms with Crippen LogP contribution in [0.5, 0.6) is 0 Å². The maximum absolute atomic E-state index is 11.5. The van der Waals surface area contributed by atoms with E-state index in [1.54, 1.807) is 22.9 Å². The lowest BCUT2D eigenvalue weighted by Crippen LogP contribution is -2.26. The molecule has 20 heavy (non-hydrogen) atoms. The van der Waals surface area contributed by atoms with Crippen LogP contribution < -0.4 is 11.1 Å². The number of hydrogen-bond acceptors (Lipinski definition) is 3. The van der Waals surface area contributed by atoms with E-state index in [2.05, 4.69) is 10.4 Å². The fourth-order valence-corrected chi connectivity index (χ4v) is 2.94. The average molecular weight is 311 g/mol. The second kappa shape index (κ2) is 5.09. The number of nitrogens with zero attached hydrogens (tertiary/aromatic N) is 2. The third-order valence-corrected chi connectivity index (χ3v) is 3.69. The summed E-state index contributed by atoms with van der Waals surface area (Å²) in [5.41, 5.74) is 8.23. The minimum atomic E-state index is -0.531. The van der Waals surface area contributed by atoms with Gasteiger partial charge in [0.25, 0.3) is 5.91 Å². The van der Waals surface area contributed by atoms with Crippen molar-refractivity contribution in [3.63, 3.8) is 0 Å². The molecule has 104 valence electrons. The Bertz CT molecular complexity index is 676. The van der Waals surface area contributed by atoms with E-state index in [9.17, 15) is 4.79 Å². The molecule has 1 amide bonds. The van der Waals surface area contributed by atoms with Crippen LogP contribution in [0.3, 0.4) is 0 Å². The molecule has 1 aromatic carbocycles. The number of nitrogens with two attached hydrogens (primary N) is 1. The first-order valence-electron chi connectivity index (χ1n) is 6.14. The number of fused-ring (bicyclic) bond motifs is 1. The molecule has 7 heteroatoms. The molecule has 0 saturated carbocycles. The molecular weight excluding hydrogens is 299 g/mol. The minimum Gasteiger partial charge on any atom is -0.364 e. The quantitative estimate of drug-likeness (QED) is 0.890. The van der Waals surface area contributed by atoms with E-state index < -0.39 is 5.91 Å². The molecule has 1 aliphatic rings. The van der Waals surface area contributed by atoms with Gasteiger partial charge in [-0.2, -0.15) is 5.10 Å². The highest BCUT2D eigenvalue weighted by molar-refractivity contribution is 6.34. The summed E-state index contributed by atoms with van der Waals surface area (Å²) >= 11 is 12.0. The van der Waals surface area contributed by atoms with E-state index in [0.717, 1.165) is 29.9 Å². The summed E-state index contributed by atoms with van der Waals surface area (Å²) < 4.78 is 1.70. The second-order valence-electron chi connectivity index (χ2n) is 4.60. The minimum absolute atomic E-state index is 0.295. The van der Waals surface area contributed by atoms with Gasteiger partial charge < -0.3 is 11.1 Å². The Morgan fingerprint density at radius 3 is 2.65 bits per heavy atom. The maximum atomic E-state index is 11.5. The summed E-state index contributed by atoms with van der Waals surface area (Å²) in [7, 11) is 0. The Morgan fingerprint density at radius 2 is 2.00 bits per heavy atom. The zero-order chi connectivity index (χ0) is 14.3. The Morgan fingerprint density at radius 1 is 1.30 bits per heavy atom. The van der Waals surface area contributed by atoms with E-state index in [1.807, 2.05) is 0 Å². The molecule has 1 aliphatic heterocycles. The predicted molar refractivity (Wildman–Crippen MR) is 77.5 cm³/mol. The number of carbonyl (C=O) groups excluding carboxylic acids is 1. The van der Waals surface area contributed by atoms with Crippen LogP contribution in [-0.2, 0) is 13.0 Å². The number of benzene rings is 1. The smallest absolute Gasteiger partial charge is 0.269 e. The number of nitrogens with one attached hydrogen (secondary N) is 1. The largest absolute Gasteiger partial charge is 0.364 e. The fourth-order valence-electron chi connectivity index (χ4n) is 2.42. The highest BCUT2D eigenvalue weighted by atomic mass is 35.5. The van der Waals surface area contributed by atoms with E-state index in [4.69, 9.17) is 28.9 Å². The molecule has 2 heterocycles. The first-order valence-corrected chi connectivity index (χ1v) is 6.89. The van der Waals surface area contributed by atoms with Crippen molar-refractivity contribution in [1.29, 1.82) is 0 Å². The van der Waals surface area contributed by atoms with Gasteiger partial charge >= 0.3 is 0 Å². The fraction of sp³-hybridized carbons (Fsp3) is 0.231. The van der Waals surface area contributed by atoms with Gasteiger partial charge in [-0.3, -0.25) is 4.79 Å². The zero-order valence-electron chi connectivity index (χ0n) is 10.5. The molecule has 3 N–H and O–H groups in total. The van der Waals surface area contributed by atoms with Gasteiger partial charge in [0.1, 0.15) is 0 Å². The molecule has 0 radical (unpaired) electrons. The standard InChI is InChI=1S/C13H12Cl2N4O/c14-7-3-8(15)5-9(4-7)19-11-1-2-17-6-10(11)12(18-19)13(16)20/h3-5,17H,1-2,6H2,(H2,16,20). The number of halogens is 2. The monoisotopic (exact) mass is 310 g/mol. The molecule has 0 aliphatic carbocycles. The Kier molecular flexibility index (Phi) is 3.41. The lowest BCUT2D eigenvalue weighted by Gasteiger charge is -2.15. The number of carbonyl (C=O) groups is 1. The number of primary amides is 1. The van der Waals surface area contributed by atoms with E-state index >= 15 is 0 Å². The van der Waals surface area contributed by atoms with Gasteiger partial charge in [-0.1, -0.05) is 23.2 Å². The van der Waals surface area contributed by atoms with Crippen molar-refractivity contribution >= 4 is 29.1 Å². The van der Waals surface area contributed by atoms with Gasteiger partial charge in [0.15, 0.2) is 5.69 Å². The van der Waals surface area contributed by atoms with Crippen molar-refractivity contribution in [1.82, 2.24) is 15.1 Å². The Hall–Kier alpha value is -1.56. The molecule has 0 bridgehead atoms. The van der Waals surface area contributed by atoms with Crippen LogP contribution in [-0.4, -0.2) is 22.2 Å². The molecule has 0 saturated heterocycles. The number of amides is 1. The molecule has 2 aromatic rings. The van der Waals surface area contributed by atoms with Gasteiger partial charge in [0, 0.05) is 35.1 Å². The van der Waals surface area contributed by atoms with E-state index in [0.29, 0.717) is 22.3 Å². The summed E-state index contributed by atoms with van der Waals surface area (Å²) in [6.07, 6.45) is 0.764. The molecule has 0 atom stereocenters. The van der Waals surface area contributed by atoms with Gasteiger partial charge in [-0.25, -0.2) is 4.68 Å². The highest BCUT2D eigenvalue weighted by Crippen LogP contribution is 2.26. The predicted octanol–water partition coefficient (Wildman–Crippen LogP) is 1.92. The summed E-state index contributed by atoms with van der Waals surface area (Å²) in [6, 6.07) is 5.17. The number of hydrogen-bond donors (Lipinski definition) is 2. The second-order valence-corrected chi connectivity index (χ2v) is 5.48. The lowest BCUT2D eigenvalue weighted by atomic mass is 10.1. The van der Waals surface area contributed by atoms with Crippen molar-refractivity contribution < 1.29 is 4.79 Å². The summed E-state index contributed by atoms with van der Waals surface area (Å²) in [6.45, 7) is 1.41. The third-order valence-electron chi connectivity index (χ3n) is 3.26. The molecule has 5 nitrogen and oxygen atoms in total. The van der Waals surface area contributed by atoms with Crippen molar-refractivity contribution in [2.75, 3.05) is 6.54 Å². The maximum Gasteiger partial charge on any atom is 0.269 e. The van der Waals surface area contributed by atoms with Gasteiger partial charge in [-0.15, -0.1) is 0 Å². The van der Waals surface area contributed by atoms with E-state index in [-0.39, 0.29) is 0 Å². The van der Waals surface area contributed by atoms with Crippen molar-refractivity contribution in [3.05, 3.63) is 45.2 Å². The third kappa shape index (κ3) is 2.28. The summed E-state index contributed by atoms with van der Waals surface area (Å²) in [5.74, 6) is -0.531. The molecule has 0 spiro atoms. The number of rotatable bonds is 2. The average Bonchev–Trinajstić information content (AvgIpc) is 2.77. The first-order chi connectivity index (χ1) is 9.56. The molecular formula is C13H12Cl2N4O. The van der Waals surface area contributed by atoms with E-state index in [1.165, 1.54) is 0 Å². The van der Waals surface area contributed by atoms with Gasteiger partial charge in [-0.05, 0) is 18.2 Å². The highest BCUT2D eigenvalue weighted by Gasteiger charge is 2.24. The van der Waals surface area contributed by atoms with Gasteiger partial charge in [0.2, 0.25) is 0 Å². The topological polar surface area (TPSA) is 72.9 Å². The molecule has 0 unspecified atom stereocenters. The van der Waals surface area contributed by atoms with Crippen LogP contribution in [0, 0.1) is 0 Å². The molecule has 0 fully saturated rings. The van der Waals surface area contributed by atoms with Crippen LogP contribution in [0.25, 0.3) is 5.69 Å².